The maximum atomic E-state index is 4.49. The van der Waals surface area contributed by atoms with E-state index in [1.165, 1.54) is 16.7 Å². The van der Waals surface area contributed by atoms with Gasteiger partial charge in [0.05, 0.1) is 11.7 Å². The monoisotopic (exact) mass is 318 g/mol. The number of aryl methyl sites for hydroxylation is 2. The van der Waals surface area contributed by atoms with E-state index in [1.54, 1.807) is 0 Å². The van der Waals surface area contributed by atoms with Crippen molar-refractivity contribution in [1.29, 1.82) is 0 Å². The number of benzene rings is 1. The fraction of sp³-hybridized carbons (Fsp3) is 0.312. The van der Waals surface area contributed by atoms with E-state index in [0.717, 1.165) is 16.6 Å². The summed E-state index contributed by atoms with van der Waals surface area (Å²) in [4.78, 5) is 4.49. The fourth-order valence-electron chi connectivity index (χ4n) is 2.19. The number of halogens is 1. The van der Waals surface area contributed by atoms with Crippen LogP contribution in [0.2, 0.25) is 0 Å². The van der Waals surface area contributed by atoms with Crippen molar-refractivity contribution >= 4 is 15.9 Å². The van der Waals surface area contributed by atoms with Gasteiger partial charge in [-0.3, -0.25) is 4.98 Å². The van der Waals surface area contributed by atoms with Crippen molar-refractivity contribution in [2.75, 3.05) is 7.05 Å². The predicted octanol–water partition coefficient (Wildman–Crippen LogP) is 3.96. The lowest BCUT2D eigenvalue weighted by atomic mass is 9.97. The van der Waals surface area contributed by atoms with Crippen molar-refractivity contribution in [3.8, 4) is 0 Å². The van der Waals surface area contributed by atoms with E-state index in [-0.39, 0.29) is 6.04 Å². The van der Waals surface area contributed by atoms with Gasteiger partial charge in [-0.05, 0) is 66.5 Å². The lowest BCUT2D eigenvalue weighted by molar-refractivity contribution is 0.574. The first-order valence-electron chi connectivity index (χ1n) is 6.45. The summed E-state index contributed by atoms with van der Waals surface area (Å²) in [6, 6.07) is 11.0. The molecule has 0 radical (unpaired) electrons. The van der Waals surface area contributed by atoms with Gasteiger partial charge in [-0.25, -0.2) is 0 Å². The zero-order valence-corrected chi connectivity index (χ0v) is 13.2. The molecule has 0 aliphatic rings. The molecule has 1 aromatic heterocycles. The molecule has 1 heterocycles. The topological polar surface area (TPSA) is 24.9 Å². The first-order chi connectivity index (χ1) is 9.10. The van der Waals surface area contributed by atoms with Gasteiger partial charge in [-0.2, -0.15) is 0 Å². The Bertz CT molecular complexity index is 549. The Hall–Kier alpha value is -1.19. The van der Waals surface area contributed by atoms with Crippen molar-refractivity contribution in [3.63, 3.8) is 0 Å². The van der Waals surface area contributed by atoms with E-state index in [1.807, 2.05) is 19.3 Å². The number of pyridine rings is 1. The molecule has 1 aromatic carbocycles. The van der Waals surface area contributed by atoms with E-state index < -0.39 is 0 Å². The van der Waals surface area contributed by atoms with Crippen LogP contribution in [-0.4, -0.2) is 12.0 Å². The largest absolute Gasteiger partial charge is 0.311 e. The Balaban J connectivity index is 2.23. The van der Waals surface area contributed by atoms with Crippen LogP contribution in [0.3, 0.4) is 0 Å². The highest BCUT2D eigenvalue weighted by atomic mass is 79.9. The first-order valence-corrected chi connectivity index (χ1v) is 7.24. The molecule has 3 heteroatoms. The molecule has 1 unspecified atom stereocenters. The molecule has 0 fully saturated rings. The van der Waals surface area contributed by atoms with Crippen LogP contribution in [0.15, 0.2) is 41.0 Å². The normalized spacial score (nSPS) is 12.4. The molecule has 19 heavy (non-hydrogen) atoms. The third-order valence-electron chi connectivity index (χ3n) is 3.38. The number of nitrogens with one attached hydrogen (secondary N) is 1. The van der Waals surface area contributed by atoms with E-state index in [0.29, 0.717) is 0 Å². The Morgan fingerprint density at radius 1 is 1.21 bits per heavy atom. The molecule has 2 aromatic rings. The zero-order valence-electron chi connectivity index (χ0n) is 11.6. The van der Waals surface area contributed by atoms with E-state index in [4.69, 9.17) is 0 Å². The van der Waals surface area contributed by atoms with Crippen molar-refractivity contribution in [2.24, 2.45) is 0 Å². The molecular formula is C16H19BrN2. The van der Waals surface area contributed by atoms with Gasteiger partial charge in [-0.15, -0.1) is 0 Å². The predicted molar refractivity (Wildman–Crippen MR) is 83.4 cm³/mol. The zero-order chi connectivity index (χ0) is 13.8. The summed E-state index contributed by atoms with van der Waals surface area (Å²) < 4.78 is 1.01. The Labute approximate surface area is 123 Å². The summed E-state index contributed by atoms with van der Waals surface area (Å²) in [5, 5.41) is 3.36. The van der Waals surface area contributed by atoms with Gasteiger partial charge in [0.15, 0.2) is 0 Å². The second kappa shape index (κ2) is 6.31. The molecule has 0 saturated carbocycles. The highest BCUT2D eigenvalue weighted by molar-refractivity contribution is 9.10. The number of aromatic nitrogens is 1. The highest BCUT2D eigenvalue weighted by Crippen LogP contribution is 2.21. The Morgan fingerprint density at radius 3 is 2.63 bits per heavy atom. The van der Waals surface area contributed by atoms with Crippen LogP contribution in [0.5, 0.6) is 0 Å². The van der Waals surface area contributed by atoms with Gasteiger partial charge >= 0.3 is 0 Å². The maximum absolute atomic E-state index is 4.49. The maximum Gasteiger partial charge on any atom is 0.0577 e. The van der Waals surface area contributed by atoms with Gasteiger partial charge in [0.2, 0.25) is 0 Å². The summed E-state index contributed by atoms with van der Waals surface area (Å²) in [6.07, 6.45) is 2.81. The third-order valence-corrected chi connectivity index (χ3v) is 3.85. The molecule has 0 bridgehead atoms. The quantitative estimate of drug-likeness (QED) is 0.922. The van der Waals surface area contributed by atoms with Crippen molar-refractivity contribution in [2.45, 2.75) is 26.3 Å². The van der Waals surface area contributed by atoms with Crippen molar-refractivity contribution < 1.29 is 0 Å². The van der Waals surface area contributed by atoms with E-state index >= 15 is 0 Å². The molecule has 1 atom stereocenters. The SMILES string of the molecule is CNC(Cc1cc(C)ccc1C)c1ccc(Br)cn1. The smallest absolute Gasteiger partial charge is 0.0577 e. The van der Waals surface area contributed by atoms with Crippen LogP contribution in [0.1, 0.15) is 28.4 Å². The van der Waals surface area contributed by atoms with E-state index in [9.17, 15) is 0 Å². The third kappa shape index (κ3) is 3.64. The Kier molecular flexibility index (Phi) is 4.72. The molecule has 0 spiro atoms. The number of hydrogen-bond acceptors (Lipinski definition) is 2. The number of nitrogens with zero attached hydrogens (tertiary/aromatic N) is 1. The van der Waals surface area contributed by atoms with Crippen molar-refractivity contribution in [1.82, 2.24) is 10.3 Å². The summed E-state index contributed by atoms with van der Waals surface area (Å²) in [7, 11) is 1.99. The molecule has 2 rings (SSSR count). The minimum Gasteiger partial charge on any atom is -0.311 e. The molecular weight excluding hydrogens is 300 g/mol. The molecule has 1 N–H and O–H groups in total. The van der Waals surface area contributed by atoms with Gasteiger partial charge in [-0.1, -0.05) is 23.8 Å². The molecule has 2 nitrogen and oxygen atoms in total. The Morgan fingerprint density at radius 2 is 2.00 bits per heavy atom. The van der Waals surface area contributed by atoms with E-state index in [2.05, 4.69) is 64.3 Å². The highest BCUT2D eigenvalue weighted by Gasteiger charge is 2.12. The average Bonchev–Trinajstić information content (AvgIpc) is 2.41. The molecule has 0 aliphatic carbocycles. The lowest BCUT2D eigenvalue weighted by Gasteiger charge is -2.17. The molecule has 0 amide bonds. The number of likely N-dealkylation sites (N-methyl/N-ethyl adjacent to an activating group) is 1. The average molecular weight is 319 g/mol. The second-order valence-corrected chi connectivity index (χ2v) is 5.79. The van der Waals surface area contributed by atoms with Gasteiger partial charge in [0.1, 0.15) is 0 Å². The number of hydrogen-bond donors (Lipinski definition) is 1. The summed E-state index contributed by atoms with van der Waals surface area (Å²) >= 11 is 3.42. The summed E-state index contributed by atoms with van der Waals surface area (Å²) in [5.74, 6) is 0. The van der Waals surface area contributed by atoms with Crippen LogP contribution in [0.25, 0.3) is 0 Å². The molecule has 100 valence electrons. The molecule has 0 saturated heterocycles. The van der Waals surface area contributed by atoms with Crippen LogP contribution in [0.4, 0.5) is 0 Å². The standard InChI is InChI=1S/C16H19BrN2/c1-11-4-5-12(2)13(8-11)9-16(18-3)15-7-6-14(17)10-19-15/h4-8,10,16,18H,9H2,1-3H3. The van der Waals surface area contributed by atoms with Crippen LogP contribution in [0, 0.1) is 13.8 Å². The van der Waals surface area contributed by atoms with Gasteiger partial charge in [0.25, 0.3) is 0 Å². The lowest BCUT2D eigenvalue weighted by Crippen LogP contribution is -2.20. The summed E-state index contributed by atoms with van der Waals surface area (Å²) in [5.41, 5.74) is 5.10. The second-order valence-electron chi connectivity index (χ2n) is 4.88. The van der Waals surface area contributed by atoms with Crippen LogP contribution >= 0.6 is 15.9 Å². The first kappa shape index (κ1) is 14.2. The van der Waals surface area contributed by atoms with Gasteiger partial charge < -0.3 is 5.32 Å². The van der Waals surface area contributed by atoms with Gasteiger partial charge in [0, 0.05) is 10.7 Å². The minimum atomic E-state index is 0.244. The summed E-state index contributed by atoms with van der Waals surface area (Å²) in [6.45, 7) is 4.30. The number of rotatable bonds is 4. The van der Waals surface area contributed by atoms with Crippen molar-refractivity contribution in [3.05, 3.63) is 63.4 Å². The minimum absolute atomic E-state index is 0.244. The molecule has 0 aliphatic heterocycles. The van der Waals surface area contributed by atoms with Crippen LogP contribution < -0.4 is 5.32 Å². The fourth-order valence-corrected chi connectivity index (χ4v) is 2.42. The van der Waals surface area contributed by atoms with Crippen LogP contribution in [-0.2, 0) is 6.42 Å².